The van der Waals surface area contributed by atoms with Crippen LogP contribution in [-0.4, -0.2) is 68.3 Å². The fraction of sp³-hybridized carbons (Fsp3) is 1.00. The minimum Gasteiger partial charge on any atom is -0.324 e. The maximum absolute atomic E-state index is 12.8. The summed E-state index contributed by atoms with van der Waals surface area (Å²) >= 11 is 0. The van der Waals surface area contributed by atoms with Gasteiger partial charge in [0.15, 0.2) is 0 Å². The van der Waals surface area contributed by atoms with E-state index in [1.54, 1.807) is 0 Å². The maximum atomic E-state index is 12.8. The molecule has 3 aliphatic heterocycles. The Morgan fingerprint density at radius 3 is 1.18 bits per heavy atom. The molecule has 0 bridgehead atoms. The van der Waals surface area contributed by atoms with Crippen molar-refractivity contribution in [3.8, 4) is 0 Å². The number of hydrogen-bond donors (Lipinski definition) is 5. The van der Waals surface area contributed by atoms with Crippen LogP contribution >= 0.6 is 46.7 Å². The molecule has 12 atom stereocenters. The van der Waals surface area contributed by atoms with Crippen LogP contribution in [0.3, 0.4) is 0 Å². The molecule has 0 aromatic carbocycles. The first kappa shape index (κ1) is 51.2. The Labute approximate surface area is 359 Å². The predicted molar refractivity (Wildman–Crippen MR) is 99.7 cm³/mol. The Morgan fingerprint density at radius 2 is 0.825 bits per heavy atom. The third kappa shape index (κ3) is 12.9. The molecule has 1 saturated carbocycles. The molecule has 5 N–H and O–H groups in total. The second-order valence-electron chi connectivity index (χ2n) is 7.08. The van der Waals surface area contributed by atoms with E-state index in [1.807, 2.05) is 0 Å². The Hall–Kier alpha value is 6.82. The molecule has 0 amide bonds. The van der Waals surface area contributed by atoms with Crippen LogP contribution in [0.15, 0.2) is 0 Å². The fourth-order valence-electron chi connectivity index (χ4n) is 3.73. The summed E-state index contributed by atoms with van der Waals surface area (Å²) in [6, 6.07) is 0. The second kappa shape index (κ2) is 18.4. The Kier molecular flexibility index (Phi) is 23.5. The SMILES string of the molecule is COP1(=O)OC2C(CP(=O)(O)O1)C1OP(=O)(O)OP(=O)(O)OC1C1OP(=O)(O)OP(=O)(O)OC21.[Na+].[Na+].[Na+].[Na+].[Na+].[Na+]. The van der Waals surface area contributed by atoms with Crippen LogP contribution in [0, 0.1) is 5.92 Å². The van der Waals surface area contributed by atoms with Gasteiger partial charge in [0, 0.05) is 13.0 Å². The van der Waals surface area contributed by atoms with Crippen molar-refractivity contribution in [3.05, 3.63) is 0 Å². The standard InChI is InChI=1S/C8H16O20P6.6Na/c1-20-34(19)25-5-3(2-29(9,10)26-34)4-6(22-31(13,14)27-30(11,12)21-4)8-7(5)23-32(15,16)28-33(17,18)24-8;;;;;;/h3-8H,2H2,1H3,(H,9,10)(H,11,12)(H,13,14)(H,15,16)(H,17,18);;;;;;/q;6*+1. The van der Waals surface area contributed by atoms with Crippen molar-refractivity contribution in [2.45, 2.75) is 30.5 Å². The normalized spacial score (nSPS) is 51.5. The first-order valence-corrected chi connectivity index (χ1v) is 17.8. The van der Waals surface area contributed by atoms with Gasteiger partial charge in [-0.05, 0) is 0 Å². The van der Waals surface area contributed by atoms with E-state index in [0.717, 1.165) is 7.11 Å². The van der Waals surface area contributed by atoms with Crippen molar-refractivity contribution in [2.75, 3.05) is 13.3 Å². The summed E-state index contributed by atoms with van der Waals surface area (Å²) in [5, 5.41) is 0. The molecule has 20 nitrogen and oxygen atoms in total. The van der Waals surface area contributed by atoms with Gasteiger partial charge in [-0.15, -0.1) is 0 Å². The zero-order valence-electron chi connectivity index (χ0n) is 22.2. The summed E-state index contributed by atoms with van der Waals surface area (Å²) in [6.07, 6.45) is -12.0. The van der Waals surface area contributed by atoms with Gasteiger partial charge in [0.25, 0.3) is 0 Å². The molecule has 0 spiro atoms. The third-order valence-corrected chi connectivity index (χ3v) is 13.7. The second-order valence-corrected chi connectivity index (χ2v) is 16.7. The van der Waals surface area contributed by atoms with Crippen LogP contribution < -0.4 is 177 Å². The average Bonchev–Trinajstić information content (AvgIpc) is 2.83. The van der Waals surface area contributed by atoms with Gasteiger partial charge in [-0.25, -0.2) is 27.1 Å². The van der Waals surface area contributed by atoms with Crippen LogP contribution in [0.2, 0.25) is 0 Å². The van der Waals surface area contributed by atoms with Crippen LogP contribution in [-0.2, 0) is 67.5 Å². The number of fused-ring (bicyclic) bond motifs is 6. The summed E-state index contributed by atoms with van der Waals surface area (Å²) in [5.74, 6) is -1.82. The van der Waals surface area contributed by atoms with E-state index < -0.39 is 89.3 Å². The summed E-state index contributed by atoms with van der Waals surface area (Å²) in [6.45, 7) is 0. The molecule has 4 rings (SSSR count). The molecule has 4 aliphatic rings. The largest absolute Gasteiger partial charge is 1.00 e. The first-order valence-electron chi connectivity index (χ1n) is 8.60. The van der Waals surface area contributed by atoms with E-state index >= 15 is 0 Å². The first-order chi connectivity index (χ1) is 15.3. The van der Waals surface area contributed by atoms with Gasteiger partial charge < -0.3 is 24.5 Å². The zero-order valence-corrected chi connectivity index (χ0v) is 39.6. The van der Waals surface area contributed by atoms with E-state index in [2.05, 4.69) is 17.5 Å². The molecule has 4 fully saturated rings. The monoisotopic (exact) mass is 756 g/mol. The molecule has 40 heavy (non-hydrogen) atoms. The minimum atomic E-state index is -5.52. The molecule has 3 saturated heterocycles. The molecule has 12 unspecified atom stereocenters. The van der Waals surface area contributed by atoms with E-state index in [4.69, 9.17) is 22.6 Å². The van der Waals surface area contributed by atoms with Gasteiger partial charge in [0.1, 0.15) is 30.5 Å². The van der Waals surface area contributed by atoms with Crippen LogP contribution in [0.4, 0.5) is 0 Å². The molecular formula is C8H16Na6O20P6+6. The van der Waals surface area contributed by atoms with E-state index in [0.29, 0.717) is 0 Å². The summed E-state index contributed by atoms with van der Waals surface area (Å²) in [4.78, 5) is 49.4. The van der Waals surface area contributed by atoms with Gasteiger partial charge in [0.05, 0.1) is 6.16 Å². The van der Waals surface area contributed by atoms with Crippen molar-refractivity contribution in [2.24, 2.45) is 5.92 Å². The van der Waals surface area contributed by atoms with Gasteiger partial charge in [-0.3, -0.25) is 31.7 Å². The summed E-state index contributed by atoms with van der Waals surface area (Å²) in [5.41, 5.74) is 0. The number of hydrogen-bond acceptors (Lipinski definition) is 15. The Morgan fingerprint density at radius 1 is 0.525 bits per heavy atom. The molecule has 3 heterocycles. The van der Waals surface area contributed by atoms with Crippen LogP contribution in [0.5, 0.6) is 0 Å². The average molecular weight is 756 g/mol. The van der Waals surface area contributed by atoms with Crippen LogP contribution in [0.1, 0.15) is 0 Å². The molecule has 32 heteroatoms. The zero-order chi connectivity index (χ0) is 25.5. The minimum absolute atomic E-state index is 0. The molecule has 1 aliphatic carbocycles. The Bertz CT molecular complexity index is 1150. The maximum Gasteiger partial charge on any atom is 1.00 e. The fourth-order valence-corrected chi connectivity index (χ4v) is 12.2. The van der Waals surface area contributed by atoms with E-state index in [1.165, 1.54) is 0 Å². The number of phosphoric acid groups is 5. The van der Waals surface area contributed by atoms with Gasteiger partial charge >= 0.3 is 224 Å². The number of phosphoric ester groups is 5. The molecule has 0 aromatic heterocycles. The molecule has 0 radical (unpaired) electrons. The van der Waals surface area contributed by atoms with Gasteiger partial charge in [-0.2, -0.15) is 8.62 Å². The van der Waals surface area contributed by atoms with E-state index in [-0.39, 0.29) is 177 Å². The summed E-state index contributed by atoms with van der Waals surface area (Å²) < 4.78 is 115. The number of rotatable bonds is 1. The van der Waals surface area contributed by atoms with Crippen molar-refractivity contribution in [3.63, 3.8) is 0 Å². The predicted octanol–water partition coefficient (Wildman–Crippen LogP) is -17.0. The van der Waals surface area contributed by atoms with Gasteiger partial charge in [0.2, 0.25) is 0 Å². The third-order valence-electron chi connectivity index (χ3n) is 4.72. The van der Waals surface area contributed by atoms with Gasteiger partial charge in [-0.1, -0.05) is 0 Å². The quantitative estimate of drug-likeness (QED) is 0.123. The Balaban J connectivity index is -0.00000228. The molecule has 0 aromatic rings. The molecule has 198 valence electrons. The van der Waals surface area contributed by atoms with Crippen molar-refractivity contribution in [1.82, 2.24) is 0 Å². The van der Waals surface area contributed by atoms with Crippen molar-refractivity contribution < 1.29 is 269 Å². The van der Waals surface area contributed by atoms with Crippen molar-refractivity contribution >= 4 is 46.7 Å². The van der Waals surface area contributed by atoms with Crippen LogP contribution in [0.25, 0.3) is 0 Å². The summed E-state index contributed by atoms with van der Waals surface area (Å²) in [7, 11) is -31.2. The van der Waals surface area contributed by atoms with E-state index in [9.17, 15) is 51.9 Å². The molecular weight excluding hydrogens is 740 g/mol. The smallest absolute Gasteiger partial charge is 0.324 e. The topological polar surface area (TPSA) is 287 Å². The van der Waals surface area contributed by atoms with Crippen molar-refractivity contribution in [1.29, 1.82) is 0 Å².